The molecule has 96 valence electrons. The molecule has 0 atom stereocenters. The predicted molar refractivity (Wildman–Crippen MR) is 68.5 cm³/mol. The standard InChI is InChI=1S/C11H16Cl2N2O2/c1-11(2,3)17-10(16)14-6-7-5-8(12)9(13)15(7)4/h5H,6H2,1-4H3,(H,14,16). The molecule has 17 heavy (non-hydrogen) atoms. The Hall–Kier alpha value is -0.870. The lowest BCUT2D eigenvalue weighted by atomic mass is 10.2. The minimum Gasteiger partial charge on any atom is -0.444 e. The van der Waals surface area contributed by atoms with Crippen molar-refractivity contribution < 1.29 is 9.53 Å². The summed E-state index contributed by atoms with van der Waals surface area (Å²) >= 11 is 11.8. The predicted octanol–water partition coefficient (Wildman–Crippen LogP) is 3.36. The van der Waals surface area contributed by atoms with Crippen molar-refractivity contribution in [2.24, 2.45) is 7.05 Å². The molecule has 0 aliphatic rings. The Kier molecular flexibility index (Phi) is 4.33. The summed E-state index contributed by atoms with van der Waals surface area (Å²) in [5.74, 6) is 0. The fourth-order valence-electron chi connectivity index (χ4n) is 1.24. The molecule has 1 rings (SSSR count). The number of hydrogen-bond acceptors (Lipinski definition) is 2. The summed E-state index contributed by atoms with van der Waals surface area (Å²) < 4.78 is 6.82. The van der Waals surface area contributed by atoms with Gasteiger partial charge in [-0.25, -0.2) is 4.79 Å². The maximum absolute atomic E-state index is 11.4. The van der Waals surface area contributed by atoms with E-state index in [0.717, 1.165) is 5.69 Å². The largest absolute Gasteiger partial charge is 0.444 e. The molecule has 0 unspecified atom stereocenters. The van der Waals surface area contributed by atoms with Crippen molar-refractivity contribution in [3.8, 4) is 0 Å². The van der Waals surface area contributed by atoms with Gasteiger partial charge in [0.2, 0.25) is 0 Å². The monoisotopic (exact) mass is 278 g/mol. The molecule has 4 nitrogen and oxygen atoms in total. The summed E-state index contributed by atoms with van der Waals surface area (Å²) in [5.41, 5.74) is 0.305. The van der Waals surface area contributed by atoms with E-state index >= 15 is 0 Å². The Morgan fingerprint density at radius 1 is 1.47 bits per heavy atom. The second-order valence-electron chi connectivity index (χ2n) is 4.69. The van der Waals surface area contributed by atoms with Gasteiger partial charge in [-0.05, 0) is 26.8 Å². The maximum atomic E-state index is 11.4. The van der Waals surface area contributed by atoms with Gasteiger partial charge in [-0.1, -0.05) is 23.2 Å². The highest BCUT2D eigenvalue weighted by Gasteiger charge is 2.16. The average Bonchev–Trinajstić information content (AvgIpc) is 2.40. The highest BCUT2D eigenvalue weighted by Crippen LogP contribution is 2.24. The van der Waals surface area contributed by atoms with E-state index in [1.54, 1.807) is 17.7 Å². The second-order valence-corrected chi connectivity index (χ2v) is 5.45. The van der Waals surface area contributed by atoms with Crippen molar-refractivity contribution in [1.29, 1.82) is 0 Å². The summed E-state index contributed by atoms with van der Waals surface area (Å²) in [6.45, 7) is 5.74. The first-order valence-electron chi connectivity index (χ1n) is 5.17. The zero-order valence-electron chi connectivity index (χ0n) is 10.3. The van der Waals surface area contributed by atoms with Crippen LogP contribution in [0.15, 0.2) is 6.07 Å². The third-order valence-electron chi connectivity index (χ3n) is 2.03. The van der Waals surface area contributed by atoms with E-state index in [4.69, 9.17) is 27.9 Å². The number of nitrogens with one attached hydrogen (secondary N) is 1. The Morgan fingerprint density at radius 3 is 2.47 bits per heavy atom. The minimum absolute atomic E-state index is 0.317. The van der Waals surface area contributed by atoms with Gasteiger partial charge < -0.3 is 14.6 Å². The van der Waals surface area contributed by atoms with E-state index in [-0.39, 0.29) is 0 Å². The zero-order chi connectivity index (χ0) is 13.2. The van der Waals surface area contributed by atoms with Crippen LogP contribution in [-0.2, 0) is 18.3 Å². The summed E-state index contributed by atoms with van der Waals surface area (Å²) in [4.78, 5) is 11.4. The smallest absolute Gasteiger partial charge is 0.407 e. The lowest BCUT2D eigenvalue weighted by molar-refractivity contribution is 0.0522. The van der Waals surface area contributed by atoms with Crippen molar-refractivity contribution >= 4 is 29.3 Å². The zero-order valence-corrected chi connectivity index (χ0v) is 11.8. The fourth-order valence-corrected chi connectivity index (χ4v) is 1.65. The molecule has 1 heterocycles. The van der Waals surface area contributed by atoms with Crippen LogP contribution < -0.4 is 5.32 Å². The summed E-state index contributed by atoms with van der Waals surface area (Å²) in [5, 5.41) is 3.56. The van der Waals surface area contributed by atoms with Gasteiger partial charge in [0.1, 0.15) is 10.8 Å². The highest BCUT2D eigenvalue weighted by atomic mass is 35.5. The van der Waals surface area contributed by atoms with E-state index in [0.29, 0.717) is 16.7 Å². The van der Waals surface area contributed by atoms with Crippen molar-refractivity contribution in [2.45, 2.75) is 32.9 Å². The molecule has 0 saturated carbocycles. The molecule has 0 saturated heterocycles. The van der Waals surface area contributed by atoms with Gasteiger partial charge in [0.15, 0.2) is 0 Å². The van der Waals surface area contributed by atoms with E-state index in [9.17, 15) is 4.79 Å². The number of aromatic nitrogens is 1. The van der Waals surface area contributed by atoms with Crippen molar-refractivity contribution in [2.75, 3.05) is 0 Å². The third kappa shape index (κ3) is 4.13. The third-order valence-corrected chi connectivity index (χ3v) is 2.87. The van der Waals surface area contributed by atoms with E-state index < -0.39 is 11.7 Å². The van der Waals surface area contributed by atoms with Crippen LogP contribution in [0.4, 0.5) is 4.79 Å². The molecule has 0 spiro atoms. The molecule has 0 bridgehead atoms. The van der Waals surface area contributed by atoms with Crippen LogP contribution in [0.25, 0.3) is 0 Å². The molecule has 0 radical (unpaired) electrons. The Balaban J connectivity index is 2.56. The summed E-state index contributed by atoms with van der Waals surface area (Å²) in [7, 11) is 1.78. The van der Waals surface area contributed by atoms with E-state index in [1.165, 1.54) is 0 Å². The fraction of sp³-hybridized carbons (Fsp3) is 0.545. The number of alkyl carbamates (subject to hydrolysis) is 1. The number of ether oxygens (including phenoxy) is 1. The van der Waals surface area contributed by atoms with Gasteiger partial charge in [0.25, 0.3) is 0 Å². The molecule has 6 heteroatoms. The molecule has 0 aliphatic heterocycles. The van der Waals surface area contributed by atoms with Gasteiger partial charge in [0, 0.05) is 12.7 Å². The van der Waals surface area contributed by atoms with E-state index in [1.807, 2.05) is 20.8 Å². The van der Waals surface area contributed by atoms with Crippen molar-refractivity contribution in [3.05, 3.63) is 21.9 Å². The van der Waals surface area contributed by atoms with Crippen LogP contribution in [0.3, 0.4) is 0 Å². The summed E-state index contributed by atoms with van der Waals surface area (Å²) in [6.07, 6.45) is -0.467. The highest BCUT2D eigenvalue weighted by molar-refractivity contribution is 6.41. The Bertz CT molecular complexity index is 422. The average molecular weight is 279 g/mol. The van der Waals surface area contributed by atoms with Crippen LogP contribution in [0.5, 0.6) is 0 Å². The molecule has 0 aliphatic carbocycles. The lowest BCUT2D eigenvalue weighted by Gasteiger charge is -2.19. The molecular formula is C11H16Cl2N2O2. The first-order chi connectivity index (χ1) is 7.70. The normalized spacial score (nSPS) is 11.4. The van der Waals surface area contributed by atoms with Gasteiger partial charge in [-0.15, -0.1) is 0 Å². The molecular weight excluding hydrogens is 263 g/mol. The summed E-state index contributed by atoms with van der Waals surface area (Å²) in [6, 6.07) is 1.71. The first kappa shape index (κ1) is 14.2. The number of carbonyl (C=O) groups is 1. The molecule has 0 aromatic carbocycles. The molecule has 1 N–H and O–H groups in total. The SMILES string of the molecule is Cn1c(CNC(=O)OC(C)(C)C)cc(Cl)c1Cl. The maximum Gasteiger partial charge on any atom is 0.407 e. The van der Waals surface area contributed by atoms with Crippen molar-refractivity contribution in [3.63, 3.8) is 0 Å². The van der Waals surface area contributed by atoms with Crippen LogP contribution >= 0.6 is 23.2 Å². The molecule has 0 fully saturated rings. The van der Waals surface area contributed by atoms with Gasteiger partial charge >= 0.3 is 6.09 Å². The van der Waals surface area contributed by atoms with Gasteiger partial charge in [-0.2, -0.15) is 0 Å². The van der Waals surface area contributed by atoms with Crippen molar-refractivity contribution in [1.82, 2.24) is 9.88 Å². The Morgan fingerprint density at radius 2 is 2.06 bits per heavy atom. The van der Waals surface area contributed by atoms with Gasteiger partial charge in [0.05, 0.1) is 11.6 Å². The topological polar surface area (TPSA) is 43.3 Å². The minimum atomic E-state index is -0.506. The van der Waals surface area contributed by atoms with Gasteiger partial charge in [-0.3, -0.25) is 0 Å². The van der Waals surface area contributed by atoms with Crippen LogP contribution in [0.1, 0.15) is 26.5 Å². The lowest BCUT2D eigenvalue weighted by Crippen LogP contribution is -2.32. The van der Waals surface area contributed by atoms with E-state index in [2.05, 4.69) is 5.32 Å². The number of halogens is 2. The van der Waals surface area contributed by atoms with Crippen LogP contribution in [0, 0.1) is 0 Å². The Labute approximate surface area is 111 Å². The number of hydrogen-bond donors (Lipinski definition) is 1. The second kappa shape index (κ2) is 5.19. The van der Waals surface area contributed by atoms with Crippen LogP contribution in [-0.4, -0.2) is 16.3 Å². The molecule has 1 aromatic heterocycles. The quantitative estimate of drug-likeness (QED) is 0.902. The number of amides is 1. The number of nitrogens with zero attached hydrogens (tertiary/aromatic N) is 1. The molecule has 1 aromatic rings. The molecule has 1 amide bonds. The number of rotatable bonds is 2. The first-order valence-corrected chi connectivity index (χ1v) is 5.93. The van der Waals surface area contributed by atoms with Crippen LogP contribution in [0.2, 0.25) is 10.2 Å². The number of carbonyl (C=O) groups excluding carboxylic acids is 1.